The average molecular weight is 234 g/mol. The first-order valence-corrected chi connectivity index (χ1v) is 6.80. The van der Waals surface area contributed by atoms with Gasteiger partial charge in [0.25, 0.3) is 0 Å². The number of likely N-dealkylation sites (N-methyl/N-ethyl adjacent to an activating group) is 1. The van der Waals surface area contributed by atoms with Crippen molar-refractivity contribution in [2.75, 3.05) is 19.6 Å². The predicted octanol–water partition coefficient (Wildman–Crippen LogP) is 0.966. The zero-order valence-electron chi connectivity index (χ0n) is 10.6. The van der Waals surface area contributed by atoms with Gasteiger partial charge in [0.05, 0.1) is 0 Å². The molecule has 0 amide bonds. The Morgan fingerprint density at radius 3 is 3.06 bits per heavy atom. The molecule has 2 N–H and O–H groups in total. The molecule has 0 aliphatic carbocycles. The third-order valence-electron chi connectivity index (χ3n) is 4.24. The van der Waals surface area contributed by atoms with Gasteiger partial charge in [0.1, 0.15) is 5.82 Å². The van der Waals surface area contributed by atoms with Crippen LogP contribution >= 0.6 is 0 Å². The number of nitrogens with zero attached hydrogens (tertiary/aromatic N) is 3. The van der Waals surface area contributed by atoms with Gasteiger partial charge in [0.15, 0.2) is 0 Å². The molecule has 4 heteroatoms. The van der Waals surface area contributed by atoms with Crippen LogP contribution in [0, 0.1) is 0 Å². The number of hydrogen-bond donors (Lipinski definition) is 1. The SMILES string of the molecule is CCN1CCC(c2ncc3n2CC(N)CC3)C1. The van der Waals surface area contributed by atoms with Crippen LogP contribution in [-0.4, -0.2) is 40.1 Å². The third kappa shape index (κ3) is 2.00. The second-order valence-corrected chi connectivity index (χ2v) is 5.40. The topological polar surface area (TPSA) is 47.1 Å². The highest BCUT2D eigenvalue weighted by Gasteiger charge is 2.28. The van der Waals surface area contributed by atoms with Crippen molar-refractivity contribution in [3.63, 3.8) is 0 Å². The standard InChI is InChI=1S/C13H22N4/c1-2-16-6-5-10(8-16)13-15-7-12-4-3-11(14)9-17(12)13/h7,10-11H,2-6,8-9,14H2,1H3. The summed E-state index contributed by atoms with van der Waals surface area (Å²) in [5, 5.41) is 0. The first-order chi connectivity index (χ1) is 8.28. The first-order valence-electron chi connectivity index (χ1n) is 6.80. The van der Waals surface area contributed by atoms with E-state index in [0.29, 0.717) is 12.0 Å². The van der Waals surface area contributed by atoms with Crippen LogP contribution in [-0.2, 0) is 13.0 Å². The Balaban J connectivity index is 1.82. The third-order valence-corrected chi connectivity index (χ3v) is 4.24. The van der Waals surface area contributed by atoms with Crippen molar-refractivity contribution < 1.29 is 0 Å². The van der Waals surface area contributed by atoms with Gasteiger partial charge in [-0.15, -0.1) is 0 Å². The molecule has 2 aliphatic heterocycles. The predicted molar refractivity (Wildman–Crippen MR) is 68.0 cm³/mol. The summed E-state index contributed by atoms with van der Waals surface area (Å²) < 4.78 is 2.39. The number of hydrogen-bond acceptors (Lipinski definition) is 3. The van der Waals surface area contributed by atoms with E-state index in [1.807, 2.05) is 0 Å². The van der Waals surface area contributed by atoms with Crippen LogP contribution in [0.4, 0.5) is 0 Å². The number of likely N-dealkylation sites (tertiary alicyclic amines) is 1. The summed E-state index contributed by atoms with van der Waals surface area (Å²) in [7, 11) is 0. The smallest absolute Gasteiger partial charge is 0.113 e. The highest BCUT2D eigenvalue weighted by molar-refractivity contribution is 5.14. The normalized spacial score (nSPS) is 29.5. The lowest BCUT2D eigenvalue weighted by Crippen LogP contribution is -2.33. The van der Waals surface area contributed by atoms with Crippen LogP contribution in [0.15, 0.2) is 6.20 Å². The highest BCUT2D eigenvalue weighted by Crippen LogP contribution is 2.28. The van der Waals surface area contributed by atoms with E-state index in [9.17, 15) is 0 Å². The summed E-state index contributed by atoms with van der Waals surface area (Å²) in [4.78, 5) is 7.17. The van der Waals surface area contributed by atoms with Crippen molar-refractivity contribution in [2.24, 2.45) is 5.73 Å². The minimum Gasteiger partial charge on any atom is -0.330 e. The molecule has 1 aromatic rings. The van der Waals surface area contributed by atoms with E-state index >= 15 is 0 Å². The van der Waals surface area contributed by atoms with Crippen LogP contribution in [0.5, 0.6) is 0 Å². The fourth-order valence-electron chi connectivity index (χ4n) is 3.15. The van der Waals surface area contributed by atoms with Gasteiger partial charge < -0.3 is 15.2 Å². The van der Waals surface area contributed by atoms with E-state index < -0.39 is 0 Å². The quantitative estimate of drug-likeness (QED) is 0.829. The molecule has 17 heavy (non-hydrogen) atoms. The average Bonchev–Trinajstić information content (AvgIpc) is 2.93. The molecule has 2 unspecified atom stereocenters. The molecule has 2 aliphatic rings. The van der Waals surface area contributed by atoms with E-state index in [-0.39, 0.29) is 0 Å². The lowest BCUT2D eigenvalue weighted by molar-refractivity contribution is 0.349. The minimum atomic E-state index is 0.319. The maximum Gasteiger partial charge on any atom is 0.113 e. The molecule has 94 valence electrons. The zero-order valence-corrected chi connectivity index (χ0v) is 10.6. The minimum absolute atomic E-state index is 0.319. The molecule has 0 saturated carbocycles. The number of imidazole rings is 1. The Bertz CT molecular complexity index is 398. The maximum atomic E-state index is 6.07. The number of rotatable bonds is 2. The van der Waals surface area contributed by atoms with Crippen molar-refractivity contribution in [2.45, 2.75) is 44.7 Å². The molecule has 0 spiro atoms. The van der Waals surface area contributed by atoms with Gasteiger partial charge in [0.2, 0.25) is 0 Å². The second kappa shape index (κ2) is 4.42. The molecular formula is C13H22N4. The lowest BCUT2D eigenvalue weighted by atomic mass is 10.0. The van der Waals surface area contributed by atoms with Crippen LogP contribution in [0.25, 0.3) is 0 Å². The van der Waals surface area contributed by atoms with Crippen molar-refractivity contribution >= 4 is 0 Å². The van der Waals surface area contributed by atoms with Crippen molar-refractivity contribution in [3.8, 4) is 0 Å². The Morgan fingerprint density at radius 2 is 2.29 bits per heavy atom. The summed E-state index contributed by atoms with van der Waals surface area (Å²) in [6, 6.07) is 0.319. The molecular weight excluding hydrogens is 212 g/mol. The Morgan fingerprint density at radius 1 is 1.41 bits per heavy atom. The number of aryl methyl sites for hydroxylation is 1. The number of fused-ring (bicyclic) bond motifs is 1. The molecule has 4 nitrogen and oxygen atoms in total. The van der Waals surface area contributed by atoms with Gasteiger partial charge in [-0.25, -0.2) is 4.98 Å². The van der Waals surface area contributed by atoms with Gasteiger partial charge >= 0.3 is 0 Å². The molecule has 0 radical (unpaired) electrons. The fourth-order valence-corrected chi connectivity index (χ4v) is 3.15. The van der Waals surface area contributed by atoms with E-state index in [1.54, 1.807) is 0 Å². The van der Waals surface area contributed by atoms with Gasteiger partial charge in [-0.05, 0) is 32.4 Å². The van der Waals surface area contributed by atoms with Gasteiger partial charge in [-0.1, -0.05) is 6.92 Å². The van der Waals surface area contributed by atoms with E-state index in [2.05, 4.69) is 27.6 Å². The lowest BCUT2D eigenvalue weighted by Gasteiger charge is -2.24. The molecule has 3 rings (SSSR count). The van der Waals surface area contributed by atoms with Gasteiger partial charge in [-0.2, -0.15) is 0 Å². The monoisotopic (exact) mass is 234 g/mol. The zero-order chi connectivity index (χ0) is 11.8. The first kappa shape index (κ1) is 11.2. The molecule has 0 bridgehead atoms. The van der Waals surface area contributed by atoms with Crippen molar-refractivity contribution in [1.29, 1.82) is 0 Å². The van der Waals surface area contributed by atoms with Gasteiger partial charge in [-0.3, -0.25) is 0 Å². The Labute approximate surface area is 103 Å². The van der Waals surface area contributed by atoms with Crippen LogP contribution in [0.1, 0.15) is 37.2 Å². The van der Waals surface area contributed by atoms with E-state index in [4.69, 9.17) is 5.73 Å². The molecule has 1 saturated heterocycles. The van der Waals surface area contributed by atoms with Crippen molar-refractivity contribution in [3.05, 3.63) is 17.7 Å². The number of nitrogens with two attached hydrogens (primary N) is 1. The van der Waals surface area contributed by atoms with Gasteiger partial charge in [0, 0.05) is 36.9 Å². The molecule has 1 aromatic heterocycles. The van der Waals surface area contributed by atoms with Crippen LogP contribution in [0.3, 0.4) is 0 Å². The Kier molecular flexibility index (Phi) is 2.92. The van der Waals surface area contributed by atoms with Crippen molar-refractivity contribution in [1.82, 2.24) is 14.5 Å². The summed E-state index contributed by atoms with van der Waals surface area (Å²) in [5.74, 6) is 1.90. The Hall–Kier alpha value is -0.870. The summed E-state index contributed by atoms with van der Waals surface area (Å²) in [6.07, 6.45) is 5.52. The number of aromatic nitrogens is 2. The molecule has 2 atom stereocenters. The molecule has 0 aromatic carbocycles. The van der Waals surface area contributed by atoms with Crippen LogP contribution < -0.4 is 5.73 Å². The fraction of sp³-hybridized carbons (Fsp3) is 0.769. The molecule has 1 fully saturated rings. The summed E-state index contributed by atoms with van der Waals surface area (Å²) in [5.41, 5.74) is 7.46. The van der Waals surface area contributed by atoms with E-state index in [1.165, 1.54) is 31.0 Å². The maximum absolute atomic E-state index is 6.07. The highest BCUT2D eigenvalue weighted by atomic mass is 15.2. The summed E-state index contributed by atoms with van der Waals surface area (Å²) >= 11 is 0. The second-order valence-electron chi connectivity index (χ2n) is 5.40. The van der Waals surface area contributed by atoms with E-state index in [0.717, 1.165) is 25.9 Å². The largest absolute Gasteiger partial charge is 0.330 e. The molecule has 3 heterocycles. The summed E-state index contributed by atoms with van der Waals surface area (Å²) in [6.45, 7) is 6.74. The van der Waals surface area contributed by atoms with Crippen LogP contribution in [0.2, 0.25) is 0 Å².